The summed E-state index contributed by atoms with van der Waals surface area (Å²) in [6.07, 6.45) is 0.771. The van der Waals surface area contributed by atoms with Gasteiger partial charge in [-0.05, 0) is 47.9 Å². The molecule has 0 aromatic heterocycles. The fraction of sp³-hybridized carbons (Fsp3) is 0.200. The van der Waals surface area contributed by atoms with Crippen molar-refractivity contribution in [2.24, 2.45) is 0 Å². The van der Waals surface area contributed by atoms with Gasteiger partial charge in [0.15, 0.2) is 11.5 Å². The Bertz CT molecular complexity index is 566. The molecule has 1 aliphatic rings. The average Bonchev–Trinajstić information content (AvgIpc) is 2.41. The number of hydrogen-bond acceptors (Lipinski definition) is 2. The largest absolute Gasteiger partial charge is 0.486 e. The Morgan fingerprint density at radius 1 is 1.11 bits per heavy atom. The summed E-state index contributed by atoms with van der Waals surface area (Å²) in [5.74, 6) is 1.63. The summed E-state index contributed by atoms with van der Waals surface area (Å²) in [5, 5.41) is 0.767. The van der Waals surface area contributed by atoms with Crippen molar-refractivity contribution >= 4 is 11.6 Å². The van der Waals surface area contributed by atoms with E-state index in [9.17, 15) is 0 Å². The molecular formula is C15H12ClO2. The second kappa shape index (κ2) is 4.91. The maximum absolute atomic E-state index is 6.14. The molecule has 3 rings (SSSR count). The molecule has 0 unspecified atom stereocenters. The highest BCUT2D eigenvalue weighted by Gasteiger charge is 2.12. The van der Waals surface area contributed by atoms with Gasteiger partial charge >= 0.3 is 0 Å². The lowest BCUT2D eigenvalue weighted by Crippen LogP contribution is -2.15. The molecule has 3 heteroatoms. The molecule has 18 heavy (non-hydrogen) atoms. The minimum absolute atomic E-state index is 0.607. The van der Waals surface area contributed by atoms with E-state index in [0.717, 1.165) is 34.1 Å². The van der Waals surface area contributed by atoms with Gasteiger partial charge in [-0.25, -0.2) is 0 Å². The van der Waals surface area contributed by atoms with Crippen LogP contribution in [0, 0.1) is 6.07 Å². The smallest absolute Gasteiger partial charge is 0.161 e. The first kappa shape index (κ1) is 11.4. The highest BCUT2D eigenvalue weighted by molar-refractivity contribution is 6.31. The average molecular weight is 260 g/mol. The molecule has 0 saturated carbocycles. The van der Waals surface area contributed by atoms with Crippen molar-refractivity contribution in [1.82, 2.24) is 0 Å². The van der Waals surface area contributed by atoms with Crippen molar-refractivity contribution in [2.75, 3.05) is 13.2 Å². The third-order valence-electron chi connectivity index (χ3n) is 2.89. The van der Waals surface area contributed by atoms with Gasteiger partial charge in [-0.1, -0.05) is 23.7 Å². The zero-order chi connectivity index (χ0) is 12.4. The van der Waals surface area contributed by atoms with E-state index in [4.69, 9.17) is 21.1 Å². The Balaban J connectivity index is 1.87. The highest BCUT2D eigenvalue weighted by atomic mass is 35.5. The lowest BCUT2D eigenvalue weighted by molar-refractivity contribution is 0.171. The van der Waals surface area contributed by atoms with Gasteiger partial charge in [0.25, 0.3) is 0 Å². The van der Waals surface area contributed by atoms with Gasteiger partial charge in [-0.3, -0.25) is 0 Å². The fourth-order valence-electron chi connectivity index (χ4n) is 2.00. The van der Waals surface area contributed by atoms with E-state index in [1.54, 1.807) is 0 Å². The molecule has 1 radical (unpaired) electrons. The van der Waals surface area contributed by atoms with Crippen molar-refractivity contribution in [2.45, 2.75) is 6.42 Å². The quantitative estimate of drug-likeness (QED) is 0.822. The molecule has 2 aromatic carbocycles. The Hall–Kier alpha value is -1.67. The molecule has 91 valence electrons. The van der Waals surface area contributed by atoms with Crippen molar-refractivity contribution < 1.29 is 9.47 Å². The maximum Gasteiger partial charge on any atom is 0.161 e. The van der Waals surface area contributed by atoms with E-state index in [1.807, 2.05) is 36.4 Å². The highest BCUT2D eigenvalue weighted by Crippen LogP contribution is 2.31. The Kier molecular flexibility index (Phi) is 3.11. The van der Waals surface area contributed by atoms with Gasteiger partial charge in [-0.15, -0.1) is 0 Å². The summed E-state index contributed by atoms with van der Waals surface area (Å²) in [4.78, 5) is 0. The molecule has 0 bridgehead atoms. The number of rotatable bonds is 2. The number of ether oxygens (including phenoxy) is 2. The van der Waals surface area contributed by atoms with Crippen LogP contribution < -0.4 is 9.47 Å². The maximum atomic E-state index is 6.14. The van der Waals surface area contributed by atoms with Crippen LogP contribution in [0.25, 0.3) is 0 Å². The summed E-state index contributed by atoms with van der Waals surface area (Å²) in [7, 11) is 0. The number of hydrogen-bond donors (Lipinski definition) is 0. The Labute approximate surface area is 111 Å². The Morgan fingerprint density at radius 2 is 1.94 bits per heavy atom. The molecule has 0 amide bonds. The monoisotopic (exact) mass is 259 g/mol. The van der Waals surface area contributed by atoms with E-state index < -0.39 is 0 Å². The molecule has 0 aliphatic carbocycles. The van der Waals surface area contributed by atoms with Crippen LogP contribution in [-0.2, 0) is 6.42 Å². The summed E-state index contributed by atoms with van der Waals surface area (Å²) in [6, 6.07) is 14.6. The number of benzene rings is 2. The summed E-state index contributed by atoms with van der Waals surface area (Å²) >= 11 is 6.14. The molecule has 2 nitrogen and oxygen atoms in total. The first-order valence-electron chi connectivity index (χ1n) is 5.86. The van der Waals surface area contributed by atoms with Crippen LogP contribution in [0.2, 0.25) is 5.02 Å². The number of halogens is 1. The first-order chi connectivity index (χ1) is 8.83. The van der Waals surface area contributed by atoms with Crippen LogP contribution >= 0.6 is 11.6 Å². The van der Waals surface area contributed by atoms with Crippen LogP contribution in [0.4, 0.5) is 0 Å². The molecule has 0 fully saturated rings. The zero-order valence-corrected chi connectivity index (χ0v) is 10.5. The van der Waals surface area contributed by atoms with Crippen molar-refractivity contribution in [3.63, 3.8) is 0 Å². The zero-order valence-electron chi connectivity index (χ0n) is 9.78. The van der Waals surface area contributed by atoms with Crippen molar-refractivity contribution in [3.05, 3.63) is 58.6 Å². The normalized spacial score (nSPS) is 13.4. The lowest BCUT2D eigenvalue weighted by Gasteiger charge is -2.19. The second-order valence-corrected chi connectivity index (χ2v) is 4.58. The van der Waals surface area contributed by atoms with Crippen LogP contribution in [0.5, 0.6) is 11.5 Å². The van der Waals surface area contributed by atoms with Gasteiger partial charge in [0.2, 0.25) is 0 Å². The van der Waals surface area contributed by atoms with Crippen LogP contribution in [0.1, 0.15) is 11.1 Å². The van der Waals surface area contributed by atoms with Crippen molar-refractivity contribution in [1.29, 1.82) is 0 Å². The summed E-state index contributed by atoms with van der Waals surface area (Å²) in [6.45, 7) is 1.22. The van der Waals surface area contributed by atoms with Gasteiger partial charge < -0.3 is 9.47 Å². The third kappa shape index (κ3) is 2.29. The molecular weight excluding hydrogens is 248 g/mol. The van der Waals surface area contributed by atoms with E-state index >= 15 is 0 Å². The van der Waals surface area contributed by atoms with E-state index in [1.165, 1.54) is 0 Å². The minimum Gasteiger partial charge on any atom is -0.486 e. The van der Waals surface area contributed by atoms with Crippen LogP contribution in [-0.4, -0.2) is 13.2 Å². The minimum atomic E-state index is 0.607. The molecule has 1 aliphatic heterocycles. The molecule has 0 spiro atoms. The standard InChI is InChI=1S/C15H12ClO2/c16-13-4-2-1-3-12(13)9-11-5-6-14-15(10-11)18-8-7-17-14/h2-6,10H,7-9H2. The predicted molar refractivity (Wildman–Crippen MR) is 70.5 cm³/mol. The summed E-state index contributed by atoms with van der Waals surface area (Å²) in [5.41, 5.74) is 2.22. The van der Waals surface area contributed by atoms with Crippen molar-refractivity contribution in [3.8, 4) is 11.5 Å². The lowest BCUT2D eigenvalue weighted by atomic mass is 10.0. The number of fused-ring (bicyclic) bond motifs is 1. The van der Waals surface area contributed by atoms with Crippen LogP contribution in [0.3, 0.4) is 0 Å². The van der Waals surface area contributed by atoms with E-state index in [2.05, 4.69) is 6.07 Å². The van der Waals surface area contributed by atoms with E-state index in [0.29, 0.717) is 13.2 Å². The second-order valence-electron chi connectivity index (χ2n) is 4.17. The molecule has 2 aromatic rings. The predicted octanol–water partition coefficient (Wildman–Crippen LogP) is 3.50. The first-order valence-corrected chi connectivity index (χ1v) is 6.24. The van der Waals surface area contributed by atoms with Gasteiger partial charge in [0.05, 0.1) is 0 Å². The third-order valence-corrected chi connectivity index (χ3v) is 3.26. The van der Waals surface area contributed by atoms with Crippen LogP contribution in [0.15, 0.2) is 36.4 Å². The molecule has 0 atom stereocenters. The van der Waals surface area contributed by atoms with E-state index in [-0.39, 0.29) is 0 Å². The molecule has 0 N–H and O–H groups in total. The molecule has 0 saturated heterocycles. The molecule has 1 heterocycles. The SMILES string of the molecule is Clc1cc[c]cc1Cc1ccc2c(c1)OCCO2. The van der Waals surface area contributed by atoms with Gasteiger partial charge in [0.1, 0.15) is 13.2 Å². The van der Waals surface area contributed by atoms with Gasteiger partial charge in [0, 0.05) is 5.02 Å². The Morgan fingerprint density at radius 3 is 2.78 bits per heavy atom. The fourth-order valence-corrected chi connectivity index (χ4v) is 2.18. The topological polar surface area (TPSA) is 18.5 Å². The summed E-state index contributed by atoms with van der Waals surface area (Å²) < 4.78 is 11.1. The van der Waals surface area contributed by atoms with Gasteiger partial charge in [-0.2, -0.15) is 0 Å².